The van der Waals surface area contributed by atoms with Gasteiger partial charge in [0.1, 0.15) is 5.75 Å². The topological polar surface area (TPSA) is 112 Å². The van der Waals surface area contributed by atoms with E-state index in [0.29, 0.717) is 22.6 Å². The van der Waals surface area contributed by atoms with E-state index < -0.39 is 5.82 Å². The number of phenols is 1. The maximum atomic E-state index is 14.1. The third kappa shape index (κ3) is 4.04. The van der Waals surface area contributed by atoms with E-state index in [4.69, 9.17) is 0 Å². The van der Waals surface area contributed by atoms with Crippen molar-refractivity contribution in [2.75, 3.05) is 17.7 Å². The number of para-hydroxylation sites is 1. The fourth-order valence-electron chi connectivity index (χ4n) is 2.49. The molecular formula is C19H17FN6O2. The second-order valence-electron chi connectivity index (χ2n) is 5.63. The third-order valence-electron chi connectivity index (χ3n) is 3.77. The van der Waals surface area contributed by atoms with Crippen LogP contribution >= 0.6 is 0 Å². The van der Waals surface area contributed by atoms with E-state index in [1.165, 1.54) is 19.2 Å². The van der Waals surface area contributed by atoms with Crippen LogP contribution in [0.15, 0.2) is 53.7 Å². The zero-order valence-corrected chi connectivity index (χ0v) is 14.9. The fraction of sp³-hybridized carbons (Fsp3) is 0.0526. The minimum Gasteiger partial charge on any atom is -0.508 e. The van der Waals surface area contributed by atoms with E-state index in [1.807, 2.05) is 0 Å². The normalized spacial score (nSPS) is 10.2. The molecule has 8 nitrogen and oxygen atoms in total. The standard InChI is InChI=1S/C19H17FN6O2/c1-21-16-13(18(28)22-2)7-4-8-15(16)25-19-23-10-14(20)17(26-19)24-11-5-3-6-12(27)9-11/h3-10,27H,1H2,2H3,(H,22,28)(H2,23,24,25,26). The summed E-state index contributed by atoms with van der Waals surface area (Å²) in [5, 5.41) is 17.8. The Bertz CT molecular complexity index is 1040. The van der Waals surface area contributed by atoms with Crippen molar-refractivity contribution in [3.05, 3.63) is 60.0 Å². The Morgan fingerprint density at radius 3 is 2.71 bits per heavy atom. The van der Waals surface area contributed by atoms with Crippen molar-refractivity contribution in [2.24, 2.45) is 4.99 Å². The first-order chi connectivity index (χ1) is 13.5. The van der Waals surface area contributed by atoms with E-state index in [9.17, 15) is 14.3 Å². The van der Waals surface area contributed by atoms with Crippen LogP contribution in [-0.2, 0) is 0 Å². The molecule has 1 amide bonds. The van der Waals surface area contributed by atoms with E-state index in [0.717, 1.165) is 6.20 Å². The molecule has 0 atom stereocenters. The van der Waals surface area contributed by atoms with Crippen LogP contribution in [0.2, 0.25) is 0 Å². The van der Waals surface area contributed by atoms with Crippen molar-refractivity contribution in [2.45, 2.75) is 0 Å². The van der Waals surface area contributed by atoms with Gasteiger partial charge in [-0.1, -0.05) is 12.1 Å². The number of halogens is 1. The molecule has 1 aromatic heterocycles. The summed E-state index contributed by atoms with van der Waals surface area (Å²) in [5.74, 6) is -0.959. The van der Waals surface area contributed by atoms with Crippen LogP contribution in [0.3, 0.4) is 0 Å². The number of benzene rings is 2. The molecule has 3 aromatic rings. The highest BCUT2D eigenvalue weighted by molar-refractivity contribution is 6.02. The van der Waals surface area contributed by atoms with Gasteiger partial charge in [0.25, 0.3) is 5.91 Å². The van der Waals surface area contributed by atoms with Gasteiger partial charge < -0.3 is 21.1 Å². The average Bonchev–Trinajstić information content (AvgIpc) is 2.69. The van der Waals surface area contributed by atoms with Crippen molar-refractivity contribution < 1.29 is 14.3 Å². The summed E-state index contributed by atoms with van der Waals surface area (Å²) in [6, 6.07) is 11.1. The largest absolute Gasteiger partial charge is 0.508 e. The molecule has 0 bridgehead atoms. The minimum atomic E-state index is -0.671. The number of hydrogen-bond donors (Lipinski definition) is 4. The molecule has 4 N–H and O–H groups in total. The van der Waals surface area contributed by atoms with Gasteiger partial charge in [-0.15, -0.1) is 0 Å². The van der Waals surface area contributed by atoms with Crippen LogP contribution in [-0.4, -0.2) is 34.7 Å². The van der Waals surface area contributed by atoms with Gasteiger partial charge in [-0.2, -0.15) is 4.98 Å². The van der Waals surface area contributed by atoms with Gasteiger partial charge in [0.05, 0.1) is 23.1 Å². The first kappa shape index (κ1) is 18.8. The van der Waals surface area contributed by atoms with Gasteiger partial charge in [0, 0.05) is 18.8 Å². The molecule has 0 aliphatic carbocycles. The number of nitrogens with zero attached hydrogens (tertiary/aromatic N) is 3. The highest BCUT2D eigenvalue weighted by Gasteiger charge is 2.15. The molecule has 0 radical (unpaired) electrons. The molecule has 3 rings (SSSR count). The second-order valence-corrected chi connectivity index (χ2v) is 5.63. The molecule has 28 heavy (non-hydrogen) atoms. The molecule has 9 heteroatoms. The molecule has 1 heterocycles. The average molecular weight is 380 g/mol. The summed E-state index contributed by atoms with van der Waals surface area (Å²) in [4.78, 5) is 23.9. The number of anilines is 4. The molecule has 0 saturated carbocycles. The predicted molar refractivity (Wildman–Crippen MR) is 106 cm³/mol. The van der Waals surface area contributed by atoms with Crippen molar-refractivity contribution >= 4 is 41.5 Å². The monoisotopic (exact) mass is 380 g/mol. The van der Waals surface area contributed by atoms with Crippen molar-refractivity contribution in [1.29, 1.82) is 0 Å². The molecule has 142 valence electrons. The van der Waals surface area contributed by atoms with Gasteiger partial charge in [-0.25, -0.2) is 9.37 Å². The third-order valence-corrected chi connectivity index (χ3v) is 3.77. The minimum absolute atomic E-state index is 0.0329. The first-order valence-corrected chi connectivity index (χ1v) is 8.19. The maximum absolute atomic E-state index is 14.1. The number of aromatic nitrogens is 2. The maximum Gasteiger partial charge on any atom is 0.253 e. The molecule has 0 spiro atoms. The van der Waals surface area contributed by atoms with Crippen LogP contribution < -0.4 is 16.0 Å². The molecule has 0 unspecified atom stereocenters. The van der Waals surface area contributed by atoms with E-state index >= 15 is 0 Å². The van der Waals surface area contributed by atoms with Crippen molar-refractivity contribution in [3.8, 4) is 5.75 Å². The Morgan fingerprint density at radius 1 is 1.21 bits per heavy atom. The van der Waals surface area contributed by atoms with Gasteiger partial charge in [-0.3, -0.25) is 9.79 Å². The number of hydrogen-bond acceptors (Lipinski definition) is 7. The smallest absolute Gasteiger partial charge is 0.253 e. The first-order valence-electron chi connectivity index (χ1n) is 8.19. The number of carbonyl (C=O) groups is 1. The number of aliphatic imine (C=N–C) groups is 1. The van der Waals surface area contributed by atoms with Gasteiger partial charge in [-0.05, 0) is 31.0 Å². The molecule has 0 aliphatic heterocycles. The highest BCUT2D eigenvalue weighted by Crippen LogP contribution is 2.31. The van der Waals surface area contributed by atoms with E-state index in [-0.39, 0.29) is 23.4 Å². The molecule has 0 fully saturated rings. The number of amides is 1. The highest BCUT2D eigenvalue weighted by atomic mass is 19.1. The van der Waals surface area contributed by atoms with Gasteiger partial charge >= 0.3 is 0 Å². The van der Waals surface area contributed by atoms with E-state index in [1.54, 1.807) is 30.3 Å². The Balaban J connectivity index is 1.92. The molecule has 0 aliphatic rings. The zero-order valence-electron chi connectivity index (χ0n) is 14.9. The predicted octanol–water partition coefficient (Wildman–Crippen LogP) is 3.50. The Labute approximate surface area is 160 Å². The second kappa shape index (κ2) is 8.12. The SMILES string of the molecule is C=Nc1c(Nc2ncc(F)c(Nc3cccc(O)c3)n2)cccc1C(=O)NC. The van der Waals surface area contributed by atoms with Gasteiger partial charge in [0.15, 0.2) is 11.6 Å². The number of nitrogens with one attached hydrogen (secondary N) is 3. The molecule has 0 saturated heterocycles. The quantitative estimate of drug-likeness (QED) is 0.487. The number of phenolic OH excluding ortho intramolecular Hbond substituents is 1. The summed E-state index contributed by atoms with van der Waals surface area (Å²) in [6.45, 7) is 3.50. The van der Waals surface area contributed by atoms with Crippen LogP contribution in [0.4, 0.5) is 33.2 Å². The number of aromatic hydroxyl groups is 1. The summed E-state index contributed by atoms with van der Waals surface area (Å²) < 4.78 is 14.1. The Kier molecular flexibility index (Phi) is 5.45. The molecular weight excluding hydrogens is 363 g/mol. The van der Waals surface area contributed by atoms with Gasteiger partial charge in [0.2, 0.25) is 5.95 Å². The lowest BCUT2D eigenvalue weighted by Crippen LogP contribution is -2.18. The van der Waals surface area contributed by atoms with Crippen LogP contribution in [0.5, 0.6) is 5.75 Å². The summed E-state index contributed by atoms with van der Waals surface area (Å²) in [5.41, 5.74) is 1.53. The Hall–Kier alpha value is -4.01. The lowest BCUT2D eigenvalue weighted by molar-refractivity contribution is 0.0964. The summed E-state index contributed by atoms with van der Waals surface area (Å²) in [6.07, 6.45) is 1.00. The molecule has 2 aromatic carbocycles. The summed E-state index contributed by atoms with van der Waals surface area (Å²) >= 11 is 0. The number of carbonyl (C=O) groups excluding carboxylic acids is 1. The van der Waals surface area contributed by atoms with Crippen molar-refractivity contribution in [1.82, 2.24) is 15.3 Å². The van der Waals surface area contributed by atoms with Crippen molar-refractivity contribution in [3.63, 3.8) is 0 Å². The van der Waals surface area contributed by atoms with Crippen LogP contribution in [0, 0.1) is 5.82 Å². The van der Waals surface area contributed by atoms with E-state index in [2.05, 4.69) is 37.6 Å². The lowest BCUT2D eigenvalue weighted by atomic mass is 10.1. The lowest BCUT2D eigenvalue weighted by Gasteiger charge is -2.12. The van der Waals surface area contributed by atoms with Crippen LogP contribution in [0.25, 0.3) is 0 Å². The number of rotatable bonds is 6. The van der Waals surface area contributed by atoms with Crippen LogP contribution in [0.1, 0.15) is 10.4 Å². The summed E-state index contributed by atoms with van der Waals surface area (Å²) in [7, 11) is 1.51. The Morgan fingerprint density at radius 2 is 2.00 bits per heavy atom. The zero-order chi connectivity index (χ0) is 20.1. The fourth-order valence-corrected chi connectivity index (χ4v) is 2.49.